The van der Waals surface area contributed by atoms with Crippen LogP contribution in [0.5, 0.6) is 0 Å². The minimum Gasteiger partial charge on any atom is -0.372 e. The van der Waals surface area contributed by atoms with Crippen molar-refractivity contribution in [3.05, 3.63) is 0 Å². The third kappa shape index (κ3) is 4.06. The zero-order valence-electron chi connectivity index (χ0n) is 11.7. The van der Waals surface area contributed by atoms with E-state index in [4.69, 9.17) is 4.74 Å². The molecular formula is C14H29NO. The van der Waals surface area contributed by atoms with E-state index in [1.165, 1.54) is 25.7 Å². The molecule has 1 heterocycles. The lowest BCUT2D eigenvalue weighted by molar-refractivity contribution is -0.0340. The maximum atomic E-state index is 6.10. The monoisotopic (exact) mass is 227 g/mol. The Balaban J connectivity index is 2.44. The number of hydrogen-bond donors (Lipinski definition) is 1. The first-order valence-electron chi connectivity index (χ1n) is 6.79. The van der Waals surface area contributed by atoms with E-state index in [2.05, 4.69) is 39.9 Å². The average Bonchev–Trinajstić information content (AvgIpc) is 2.55. The van der Waals surface area contributed by atoms with Gasteiger partial charge in [-0.3, -0.25) is 0 Å². The molecule has 0 saturated carbocycles. The standard InChI is InChI=1S/C14H29NO/c1-6-14(5,11-15-7-2)10-12-8-9-13(3,4)16-12/h12,15H,6-11H2,1-5H3. The van der Waals surface area contributed by atoms with E-state index < -0.39 is 0 Å². The molecule has 0 bridgehead atoms. The van der Waals surface area contributed by atoms with Crippen molar-refractivity contribution < 1.29 is 4.74 Å². The van der Waals surface area contributed by atoms with Gasteiger partial charge < -0.3 is 10.1 Å². The smallest absolute Gasteiger partial charge is 0.0631 e. The van der Waals surface area contributed by atoms with Crippen LogP contribution in [0.15, 0.2) is 0 Å². The van der Waals surface area contributed by atoms with Crippen LogP contribution < -0.4 is 5.32 Å². The molecule has 2 heteroatoms. The van der Waals surface area contributed by atoms with Crippen LogP contribution in [0, 0.1) is 5.41 Å². The Hall–Kier alpha value is -0.0800. The van der Waals surface area contributed by atoms with E-state index >= 15 is 0 Å². The quantitative estimate of drug-likeness (QED) is 0.751. The highest BCUT2D eigenvalue weighted by molar-refractivity contribution is 4.86. The van der Waals surface area contributed by atoms with Crippen molar-refractivity contribution in [2.45, 2.75) is 72.0 Å². The fourth-order valence-corrected chi connectivity index (χ4v) is 2.54. The summed E-state index contributed by atoms with van der Waals surface area (Å²) in [5.74, 6) is 0. The van der Waals surface area contributed by atoms with Gasteiger partial charge in [-0.25, -0.2) is 0 Å². The molecule has 1 saturated heterocycles. The van der Waals surface area contributed by atoms with Gasteiger partial charge in [0, 0.05) is 6.54 Å². The molecule has 96 valence electrons. The van der Waals surface area contributed by atoms with Gasteiger partial charge in [0.2, 0.25) is 0 Å². The third-order valence-corrected chi connectivity index (χ3v) is 3.93. The van der Waals surface area contributed by atoms with E-state index in [-0.39, 0.29) is 5.60 Å². The molecule has 1 fully saturated rings. The topological polar surface area (TPSA) is 21.3 Å². The zero-order valence-corrected chi connectivity index (χ0v) is 11.7. The molecule has 1 aliphatic heterocycles. The van der Waals surface area contributed by atoms with Crippen LogP contribution in [0.2, 0.25) is 0 Å². The normalized spacial score (nSPS) is 27.9. The predicted octanol–water partition coefficient (Wildman–Crippen LogP) is 3.36. The molecule has 0 aromatic rings. The van der Waals surface area contributed by atoms with Gasteiger partial charge in [0.1, 0.15) is 0 Å². The molecule has 1 rings (SSSR count). The summed E-state index contributed by atoms with van der Waals surface area (Å²) in [5, 5.41) is 3.48. The minimum atomic E-state index is 0.109. The fourth-order valence-electron chi connectivity index (χ4n) is 2.54. The first-order chi connectivity index (χ1) is 7.41. The maximum Gasteiger partial charge on any atom is 0.0631 e. The largest absolute Gasteiger partial charge is 0.372 e. The van der Waals surface area contributed by atoms with Gasteiger partial charge in [-0.1, -0.05) is 20.8 Å². The van der Waals surface area contributed by atoms with Crippen molar-refractivity contribution >= 4 is 0 Å². The van der Waals surface area contributed by atoms with Crippen LogP contribution in [-0.4, -0.2) is 24.8 Å². The molecule has 2 nitrogen and oxygen atoms in total. The maximum absolute atomic E-state index is 6.10. The first-order valence-corrected chi connectivity index (χ1v) is 6.79. The summed E-state index contributed by atoms with van der Waals surface area (Å²) in [5.41, 5.74) is 0.499. The van der Waals surface area contributed by atoms with Crippen molar-refractivity contribution in [3.63, 3.8) is 0 Å². The van der Waals surface area contributed by atoms with Crippen LogP contribution >= 0.6 is 0 Å². The molecule has 1 aliphatic rings. The average molecular weight is 227 g/mol. The van der Waals surface area contributed by atoms with Gasteiger partial charge in [0.05, 0.1) is 11.7 Å². The Bertz CT molecular complexity index is 215. The molecular weight excluding hydrogens is 198 g/mol. The lowest BCUT2D eigenvalue weighted by Crippen LogP contribution is -2.35. The van der Waals surface area contributed by atoms with Crippen LogP contribution in [0.3, 0.4) is 0 Å². The summed E-state index contributed by atoms with van der Waals surface area (Å²) in [6.07, 6.45) is 5.33. The molecule has 0 aliphatic carbocycles. The van der Waals surface area contributed by atoms with Crippen molar-refractivity contribution in [2.24, 2.45) is 5.41 Å². The Kier molecular flexibility index (Phi) is 4.81. The van der Waals surface area contributed by atoms with Gasteiger partial charge >= 0.3 is 0 Å². The van der Waals surface area contributed by atoms with Gasteiger partial charge in [-0.05, 0) is 51.5 Å². The van der Waals surface area contributed by atoms with E-state index in [0.29, 0.717) is 11.5 Å². The molecule has 0 radical (unpaired) electrons. The zero-order chi connectivity index (χ0) is 12.2. The molecule has 0 aromatic heterocycles. The van der Waals surface area contributed by atoms with Crippen molar-refractivity contribution in [2.75, 3.05) is 13.1 Å². The molecule has 1 N–H and O–H groups in total. The molecule has 2 atom stereocenters. The number of rotatable bonds is 6. The molecule has 16 heavy (non-hydrogen) atoms. The van der Waals surface area contributed by atoms with Crippen molar-refractivity contribution in [1.29, 1.82) is 0 Å². The molecule has 0 spiro atoms. The van der Waals surface area contributed by atoms with E-state index in [1.807, 2.05) is 0 Å². The Morgan fingerprint density at radius 3 is 2.50 bits per heavy atom. The molecule has 0 aromatic carbocycles. The summed E-state index contributed by atoms with van der Waals surface area (Å²) in [4.78, 5) is 0. The lowest BCUT2D eigenvalue weighted by Gasteiger charge is -2.32. The van der Waals surface area contributed by atoms with Crippen LogP contribution in [0.4, 0.5) is 0 Å². The van der Waals surface area contributed by atoms with E-state index in [9.17, 15) is 0 Å². The highest BCUT2D eigenvalue weighted by Gasteiger charge is 2.35. The van der Waals surface area contributed by atoms with Crippen LogP contribution in [-0.2, 0) is 4.74 Å². The Labute approximate surface area is 101 Å². The van der Waals surface area contributed by atoms with Crippen molar-refractivity contribution in [1.82, 2.24) is 5.32 Å². The summed E-state index contributed by atoms with van der Waals surface area (Å²) in [6.45, 7) is 13.4. The van der Waals surface area contributed by atoms with Gasteiger partial charge in [-0.15, -0.1) is 0 Å². The number of ether oxygens (including phenoxy) is 1. The van der Waals surface area contributed by atoms with Crippen molar-refractivity contribution in [3.8, 4) is 0 Å². The molecule has 0 amide bonds. The Morgan fingerprint density at radius 1 is 1.38 bits per heavy atom. The van der Waals surface area contributed by atoms with Gasteiger partial charge in [-0.2, -0.15) is 0 Å². The van der Waals surface area contributed by atoms with Gasteiger partial charge in [0.25, 0.3) is 0 Å². The van der Waals surface area contributed by atoms with Crippen LogP contribution in [0.25, 0.3) is 0 Å². The predicted molar refractivity (Wildman–Crippen MR) is 69.7 cm³/mol. The number of hydrogen-bond acceptors (Lipinski definition) is 2. The van der Waals surface area contributed by atoms with Crippen LogP contribution in [0.1, 0.15) is 60.3 Å². The fraction of sp³-hybridized carbons (Fsp3) is 1.00. The second-order valence-electron chi connectivity index (χ2n) is 6.19. The lowest BCUT2D eigenvalue weighted by atomic mass is 9.81. The second-order valence-corrected chi connectivity index (χ2v) is 6.19. The minimum absolute atomic E-state index is 0.109. The highest BCUT2D eigenvalue weighted by Crippen LogP contribution is 2.37. The summed E-state index contributed by atoms with van der Waals surface area (Å²) < 4.78 is 6.10. The molecule has 2 unspecified atom stereocenters. The third-order valence-electron chi connectivity index (χ3n) is 3.93. The van der Waals surface area contributed by atoms with E-state index in [0.717, 1.165) is 13.1 Å². The number of nitrogens with one attached hydrogen (secondary N) is 1. The SMILES string of the molecule is CCNCC(C)(CC)CC1CCC(C)(C)O1. The van der Waals surface area contributed by atoms with E-state index in [1.54, 1.807) is 0 Å². The summed E-state index contributed by atoms with van der Waals surface area (Å²) >= 11 is 0. The highest BCUT2D eigenvalue weighted by atomic mass is 16.5. The second kappa shape index (κ2) is 5.50. The summed E-state index contributed by atoms with van der Waals surface area (Å²) in [6, 6.07) is 0. The Morgan fingerprint density at radius 2 is 2.06 bits per heavy atom. The first kappa shape index (κ1) is 14.0. The summed E-state index contributed by atoms with van der Waals surface area (Å²) in [7, 11) is 0. The van der Waals surface area contributed by atoms with Gasteiger partial charge in [0.15, 0.2) is 0 Å².